The number of benzene rings is 2. The van der Waals surface area contributed by atoms with Crippen molar-refractivity contribution in [2.75, 3.05) is 4.72 Å². The standard InChI is InChI=1S/C16H14BNO6S3/c19-17(20)14-8-4-5-9-15(14)18-27(23,24)16-10-13(11-25-16)26(21,22)12-6-2-1-3-7-12/h1-11,18-20H. The molecule has 0 amide bonds. The average molecular weight is 423 g/mol. The lowest BCUT2D eigenvalue weighted by atomic mass is 9.79. The van der Waals surface area contributed by atoms with Crippen molar-refractivity contribution in [1.29, 1.82) is 0 Å². The van der Waals surface area contributed by atoms with Gasteiger partial charge in [-0.15, -0.1) is 11.3 Å². The highest BCUT2D eigenvalue weighted by molar-refractivity contribution is 7.95. The summed E-state index contributed by atoms with van der Waals surface area (Å²) in [6.07, 6.45) is 0. The summed E-state index contributed by atoms with van der Waals surface area (Å²) in [5.74, 6) is 0. The Morgan fingerprint density at radius 2 is 1.48 bits per heavy atom. The highest BCUT2D eigenvalue weighted by Crippen LogP contribution is 2.29. The molecule has 0 radical (unpaired) electrons. The van der Waals surface area contributed by atoms with E-state index < -0.39 is 27.0 Å². The number of thiophene rings is 1. The SMILES string of the molecule is O=S(=O)(Nc1ccccc1B(O)O)c1cc(S(=O)(=O)c2ccccc2)cs1. The molecule has 0 bridgehead atoms. The maximum Gasteiger partial charge on any atom is 0.490 e. The zero-order chi connectivity index (χ0) is 19.7. The van der Waals surface area contributed by atoms with Crippen LogP contribution in [-0.4, -0.2) is 34.0 Å². The minimum absolute atomic E-state index is 0.00614. The van der Waals surface area contributed by atoms with Crippen molar-refractivity contribution in [3.05, 3.63) is 66.0 Å². The summed E-state index contributed by atoms with van der Waals surface area (Å²) in [6, 6.07) is 14.6. The van der Waals surface area contributed by atoms with Crippen molar-refractivity contribution >= 4 is 49.5 Å². The van der Waals surface area contributed by atoms with Crippen molar-refractivity contribution < 1.29 is 26.9 Å². The zero-order valence-corrected chi connectivity index (χ0v) is 16.1. The van der Waals surface area contributed by atoms with Crippen molar-refractivity contribution in [3.8, 4) is 0 Å². The van der Waals surface area contributed by atoms with Gasteiger partial charge in [-0.25, -0.2) is 16.8 Å². The van der Waals surface area contributed by atoms with E-state index in [1.165, 1.54) is 41.8 Å². The molecule has 0 aliphatic carbocycles. The highest BCUT2D eigenvalue weighted by atomic mass is 32.2. The van der Waals surface area contributed by atoms with Gasteiger partial charge in [-0.3, -0.25) is 4.72 Å². The van der Waals surface area contributed by atoms with Gasteiger partial charge in [0.25, 0.3) is 10.0 Å². The summed E-state index contributed by atoms with van der Waals surface area (Å²) < 4.78 is 52.4. The molecular formula is C16H14BNO6S3. The van der Waals surface area contributed by atoms with Gasteiger partial charge in [0.05, 0.1) is 9.79 Å². The van der Waals surface area contributed by atoms with Gasteiger partial charge in [-0.1, -0.05) is 36.4 Å². The van der Waals surface area contributed by atoms with Crippen LogP contribution in [0.2, 0.25) is 0 Å². The van der Waals surface area contributed by atoms with Crippen LogP contribution in [0.3, 0.4) is 0 Å². The second-order valence-electron chi connectivity index (χ2n) is 5.48. The van der Waals surface area contributed by atoms with Crippen molar-refractivity contribution in [2.45, 2.75) is 14.0 Å². The first-order valence-electron chi connectivity index (χ1n) is 7.58. The molecular weight excluding hydrogens is 409 g/mol. The predicted molar refractivity (Wildman–Crippen MR) is 103 cm³/mol. The molecule has 0 unspecified atom stereocenters. The molecule has 0 saturated carbocycles. The van der Waals surface area contributed by atoms with Crippen molar-refractivity contribution in [1.82, 2.24) is 0 Å². The predicted octanol–water partition coefficient (Wildman–Crippen LogP) is 1.06. The molecule has 0 aliphatic rings. The van der Waals surface area contributed by atoms with Gasteiger partial charge in [-0.2, -0.15) is 0 Å². The molecule has 11 heteroatoms. The van der Waals surface area contributed by atoms with Crippen LogP contribution in [0.4, 0.5) is 5.69 Å². The molecule has 0 atom stereocenters. The number of hydrogen-bond donors (Lipinski definition) is 3. The Labute approximate surface area is 161 Å². The topological polar surface area (TPSA) is 121 Å². The Hall–Kier alpha value is -2.18. The van der Waals surface area contributed by atoms with Crippen LogP contribution in [0.1, 0.15) is 0 Å². The van der Waals surface area contributed by atoms with Crippen LogP contribution >= 0.6 is 11.3 Å². The normalized spacial score (nSPS) is 11.9. The minimum atomic E-state index is -4.11. The van der Waals surface area contributed by atoms with E-state index >= 15 is 0 Å². The van der Waals surface area contributed by atoms with Gasteiger partial charge >= 0.3 is 7.12 Å². The number of anilines is 1. The van der Waals surface area contributed by atoms with E-state index in [1.807, 2.05) is 0 Å². The van der Waals surface area contributed by atoms with Gasteiger partial charge < -0.3 is 10.0 Å². The van der Waals surface area contributed by atoms with Crippen LogP contribution < -0.4 is 10.2 Å². The summed E-state index contributed by atoms with van der Waals surface area (Å²) in [4.78, 5) is -0.0667. The molecule has 0 fully saturated rings. The monoisotopic (exact) mass is 423 g/mol. The number of sulfone groups is 1. The lowest BCUT2D eigenvalue weighted by molar-refractivity contribution is 0.426. The first kappa shape index (κ1) is 19.6. The van der Waals surface area contributed by atoms with Crippen LogP contribution in [0.15, 0.2) is 80.0 Å². The Morgan fingerprint density at radius 3 is 2.15 bits per heavy atom. The van der Waals surface area contributed by atoms with E-state index in [0.717, 1.165) is 17.4 Å². The largest absolute Gasteiger partial charge is 0.490 e. The molecule has 7 nitrogen and oxygen atoms in total. The van der Waals surface area contributed by atoms with E-state index in [0.29, 0.717) is 0 Å². The van der Waals surface area contributed by atoms with E-state index in [4.69, 9.17) is 0 Å². The van der Waals surface area contributed by atoms with E-state index in [-0.39, 0.29) is 25.2 Å². The molecule has 3 N–H and O–H groups in total. The first-order chi connectivity index (χ1) is 12.7. The van der Waals surface area contributed by atoms with E-state index in [1.54, 1.807) is 18.2 Å². The van der Waals surface area contributed by atoms with Gasteiger partial charge in [0.2, 0.25) is 9.84 Å². The van der Waals surface area contributed by atoms with Crippen LogP contribution in [0.5, 0.6) is 0 Å². The van der Waals surface area contributed by atoms with Crippen LogP contribution in [-0.2, 0) is 19.9 Å². The highest BCUT2D eigenvalue weighted by Gasteiger charge is 2.25. The minimum Gasteiger partial charge on any atom is -0.423 e. The third kappa shape index (κ3) is 4.07. The number of rotatable bonds is 6. The van der Waals surface area contributed by atoms with Gasteiger partial charge in [0, 0.05) is 16.5 Å². The zero-order valence-electron chi connectivity index (χ0n) is 13.7. The molecule has 3 aromatic rings. The van der Waals surface area contributed by atoms with Gasteiger partial charge in [0.1, 0.15) is 4.21 Å². The third-order valence-corrected chi connectivity index (χ3v) is 8.37. The van der Waals surface area contributed by atoms with Crippen LogP contribution in [0.25, 0.3) is 0 Å². The lowest BCUT2D eigenvalue weighted by Crippen LogP contribution is -2.33. The third-order valence-electron chi connectivity index (χ3n) is 3.66. The van der Waals surface area contributed by atoms with Gasteiger partial charge in [-0.05, 0) is 24.3 Å². The quantitative estimate of drug-likeness (QED) is 0.510. The second kappa shape index (κ2) is 7.45. The molecule has 0 spiro atoms. The summed E-state index contributed by atoms with van der Waals surface area (Å²) in [7, 11) is -9.80. The molecule has 27 heavy (non-hydrogen) atoms. The Bertz CT molecular complexity index is 1160. The van der Waals surface area contributed by atoms with Gasteiger partial charge in [0.15, 0.2) is 0 Å². The average Bonchev–Trinajstić information content (AvgIpc) is 3.14. The smallest absolute Gasteiger partial charge is 0.423 e. The Kier molecular flexibility index (Phi) is 5.40. The summed E-state index contributed by atoms with van der Waals surface area (Å²) in [5.41, 5.74) is -0.0249. The molecule has 3 rings (SSSR count). The molecule has 2 aromatic carbocycles. The maximum absolute atomic E-state index is 12.6. The Balaban J connectivity index is 1.95. The fourth-order valence-electron chi connectivity index (χ4n) is 2.33. The van der Waals surface area contributed by atoms with E-state index in [9.17, 15) is 26.9 Å². The van der Waals surface area contributed by atoms with Crippen molar-refractivity contribution in [2.24, 2.45) is 0 Å². The molecule has 0 aliphatic heterocycles. The fraction of sp³-hybridized carbons (Fsp3) is 0. The Morgan fingerprint density at radius 1 is 0.852 bits per heavy atom. The first-order valence-corrected chi connectivity index (χ1v) is 11.4. The van der Waals surface area contributed by atoms with E-state index in [2.05, 4.69) is 4.72 Å². The molecule has 0 saturated heterocycles. The number of hydrogen-bond acceptors (Lipinski definition) is 7. The maximum atomic E-state index is 12.6. The number of para-hydroxylation sites is 1. The molecule has 1 aromatic heterocycles. The number of nitrogens with one attached hydrogen (secondary N) is 1. The fourth-order valence-corrected chi connectivity index (χ4v) is 6.32. The summed E-state index contributed by atoms with van der Waals surface area (Å²) >= 11 is 0.757. The summed E-state index contributed by atoms with van der Waals surface area (Å²) in [6.45, 7) is 0. The molecule has 140 valence electrons. The second-order valence-corrected chi connectivity index (χ2v) is 10.3. The molecule has 1 heterocycles. The lowest BCUT2D eigenvalue weighted by Gasteiger charge is -2.10. The van der Waals surface area contributed by atoms with Crippen LogP contribution in [0, 0.1) is 0 Å². The number of sulfonamides is 1. The summed E-state index contributed by atoms with van der Waals surface area (Å²) in [5, 5.41) is 20.0. The van der Waals surface area contributed by atoms with Crippen molar-refractivity contribution in [3.63, 3.8) is 0 Å².